The number of benzene rings is 3. The second-order valence-corrected chi connectivity index (χ2v) is 5.87. The number of phenols is 1. The number of carbonyl (C=O) groups is 1. The van der Waals surface area contributed by atoms with Crippen LogP contribution in [0.15, 0.2) is 72.8 Å². The molecule has 4 heteroatoms. The fraction of sp³-hybridized carbons (Fsp3) is 0.0500. The highest BCUT2D eigenvalue weighted by Gasteiger charge is 2.06. The van der Waals surface area contributed by atoms with Crippen molar-refractivity contribution in [1.82, 2.24) is 5.32 Å². The zero-order valence-electron chi connectivity index (χ0n) is 12.9. The van der Waals surface area contributed by atoms with Gasteiger partial charge in [0.15, 0.2) is 0 Å². The van der Waals surface area contributed by atoms with Crippen molar-refractivity contribution in [2.24, 2.45) is 0 Å². The molecule has 1 amide bonds. The molecule has 0 saturated carbocycles. The van der Waals surface area contributed by atoms with Gasteiger partial charge in [0.05, 0.1) is 0 Å². The van der Waals surface area contributed by atoms with Gasteiger partial charge < -0.3 is 10.4 Å². The van der Waals surface area contributed by atoms with Gasteiger partial charge >= 0.3 is 0 Å². The lowest BCUT2D eigenvalue weighted by Crippen LogP contribution is -2.22. The topological polar surface area (TPSA) is 49.3 Å². The lowest BCUT2D eigenvalue weighted by Gasteiger charge is -2.07. The Balaban J connectivity index is 1.66. The standard InChI is InChI=1S/C20H16ClNO2/c21-18-3-1-2-14(12-18)13-22-20(24)17-6-4-15(5-7-17)16-8-10-19(23)11-9-16/h1-12,23H,13H2,(H,22,24). The highest BCUT2D eigenvalue weighted by atomic mass is 35.5. The summed E-state index contributed by atoms with van der Waals surface area (Å²) in [5.41, 5.74) is 3.52. The molecule has 0 heterocycles. The molecule has 0 aliphatic carbocycles. The summed E-state index contributed by atoms with van der Waals surface area (Å²) in [6.45, 7) is 0.430. The van der Waals surface area contributed by atoms with E-state index < -0.39 is 0 Å². The zero-order valence-corrected chi connectivity index (χ0v) is 13.6. The highest BCUT2D eigenvalue weighted by Crippen LogP contribution is 2.22. The second kappa shape index (κ2) is 7.20. The van der Waals surface area contributed by atoms with Crippen LogP contribution in [-0.2, 0) is 6.54 Å². The minimum atomic E-state index is -0.132. The third kappa shape index (κ3) is 3.94. The van der Waals surface area contributed by atoms with E-state index in [1.165, 1.54) is 0 Å². The lowest BCUT2D eigenvalue weighted by molar-refractivity contribution is 0.0951. The summed E-state index contributed by atoms with van der Waals surface area (Å²) in [4.78, 5) is 12.2. The number of hydrogen-bond acceptors (Lipinski definition) is 2. The number of nitrogens with one attached hydrogen (secondary N) is 1. The predicted octanol–water partition coefficient (Wildman–Crippen LogP) is 4.64. The maximum absolute atomic E-state index is 12.2. The zero-order chi connectivity index (χ0) is 16.9. The molecule has 0 fully saturated rings. The predicted molar refractivity (Wildman–Crippen MR) is 96.2 cm³/mol. The number of amides is 1. The van der Waals surface area contributed by atoms with Gasteiger partial charge in [0.2, 0.25) is 0 Å². The molecule has 0 radical (unpaired) electrons. The van der Waals surface area contributed by atoms with Crippen LogP contribution in [0.3, 0.4) is 0 Å². The Morgan fingerprint density at radius 2 is 1.54 bits per heavy atom. The van der Waals surface area contributed by atoms with E-state index in [9.17, 15) is 9.90 Å². The van der Waals surface area contributed by atoms with Crippen molar-refractivity contribution >= 4 is 17.5 Å². The van der Waals surface area contributed by atoms with Crippen LogP contribution in [0.25, 0.3) is 11.1 Å². The molecular weight excluding hydrogens is 322 g/mol. The van der Waals surface area contributed by atoms with Crippen molar-refractivity contribution in [3.63, 3.8) is 0 Å². The number of rotatable bonds is 4. The SMILES string of the molecule is O=C(NCc1cccc(Cl)c1)c1ccc(-c2ccc(O)cc2)cc1. The fourth-order valence-electron chi connectivity index (χ4n) is 2.40. The van der Waals surface area contributed by atoms with E-state index in [-0.39, 0.29) is 11.7 Å². The molecule has 3 nitrogen and oxygen atoms in total. The third-order valence-corrected chi connectivity index (χ3v) is 3.92. The Morgan fingerprint density at radius 3 is 2.17 bits per heavy atom. The van der Waals surface area contributed by atoms with Gasteiger partial charge in [-0.1, -0.05) is 48.0 Å². The largest absolute Gasteiger partial charge is 0.508 e. The van der Waals surface area contributed by atoms with Gasteiger partial charge in [-0.2, -0.15) is 0 Å². The summed E-state index contributed by atoms with van der Waals surface area (Å²) < 4.78 is 0. The number of carbonyl (C=O) groups excluding carboxylic acids is 1. The van der Waals surface area contributed by atoms with Crippen LogP contribution in [0.1, 0.15) is 15.9 Å². The molecule has 2 N–H and O–H groups in total. The van der Waals surface area contributed by atoms with Gasteiger partial charge in [0.25, 0.3) is 5.91 Å². The quantitative estimate of drug-likeness (QED) is 0.728. The molecule has 0 aliphatic heterocycles. The molecular formula is C20H16ClNO2. The molecule has 3 aromatic rings. The van der Waals surface area contributed by atoms with Gasteiger partial charge in [-0.3, -0.25) is 4.79 Å². The number of aromatic hydroxyl groups is 1. The molecule has 0 saturated heterocycles. The molecule has 0 aliphatic rings. The highest BCUT2D eigenvalue weighted by molar-refractivity contribution is 6.30. The molecule has 3 aromatic carbocycles. The summed E-state index contributed by atoms with van der Waals surface area (Å²) in [6.07, 6.45) is 0. The first kappa shape index (κ1) is 16.1. The van der Waals surface area contributed by atoms with Crippen molar-refractivity contribution in [1.29, 1.82) is 0 Å². The van der Waals surface area contributed by atoms with Crippen molar-refractivity contribution in [2.75, 3.05) is 0 Å². The molecule has 0 bridgehead atoms. The first-order valence-corrected chi connectivity index (χ1v) is 7.92. The summed E-state index contributed by atoms with van der Waals surface area (Å²) in [5, 5.41) is 12.9. The van der Waals surface area contributed by atoms with Crippen LogP contribution in [-0.4, -0.2) is 11.0 Å². The van der Waals surface area contributed by atoms with E-state index in [4.69, 9.17) is 11.6 Å². The molecule has 0 unspecified atom stereocenters. The Morgan fingerprint density at radius 1 is 0.917 bits per heavy atom. The first-order chi connectivity index (χ1) is 11.6. The van der Waals surface area contributed by atoms with Crippen LogP contribution in [0.5, 0.6) is 5.75 Å². The minimum Gasteiger partial charge on any atom is -0.508 e. The fourth-order valence-corrected chi connectivity index (χ4v) is 2.61. The summed E-state index contributed by atoms with van der Waals surface area (Å²) in [5.74, 6) is 0.1000. The van der Waals surface area contributed by atoms with Gasteiger partial charge in [-0.15, -0.1) is 0 Å². The van der Waals surface area contributed by atoms with E-state index >= 15 is 0 Å². The lowest BCUT2D eigenvalue weighted by atomic mass is 10.0. The van der Waals surface area contributed by atoms with Gasteiger partial charge in [-0.05, 0) is 53.1 Å². The van der Waals surface area contributed by atoms with Crippen LogP contribution in [0.4, 0.5) is 0 Å². The maximum Gasteiger partial charge on any atom is 0.251 e. The van der Waals surface area contributed by atoms with Crippen LogP contribution in [0, 0.1) is 0 Å². The van der Waals surface area contributed by atoms with Crippen LogP contribution < -0.4 is 5.32 Å². The molecule has 0 aromatic heterocycles. The smallest absolute Gasteiger partial charge is 0.251 e. The summed E-state index contributed by atoms with van der Waals surface area (Å²) in [7, 11) is 0. The molecule has 0 spiro atoms. The average Bonchev–Trinajstić information content (AvgIpc) is 2.61. The summed E-state index contributed by atoms with van der Waals surface area (Å²) >= 11 is 5.93. The Kier molecular flexibility index (Phi) is 4.82. The van der Waals surface area contributed by atoms with E-state index in [2.05, 4.69) is 5.32 Å². The van der Waals surface area contributed by atoms with Gasteiger partial charge in [0.1, 0.15) is 5.75 Å². The van der Waals surface area contributed by atoms with E-state index in [0.29, 0.717) is 17.1 Å². The van der Waals surface area contributed by atoms with E-state index in [1.54, 1.807) is 30.3 Å². The van der Waals surface area contributed by atoms with Gasteiger partial charge in [-0.25, -0.2) is 0 Å². The summed E-state index contributed by atoms with van der Waals surface area (Å²) in [6, 6.07) is 21.7. The third-order valence-electron chi connectivity index (χ3n) is 3.69. The molecule has 3 rings (SSSR count). The molecule has 0 atom stereocenters. The second-order valence-electron chi connectivity index (χ2n) is 5.44. The van der Waals surface area contributed by atoms with Crippen LogP contribution >= 0.6 is 11.6 Å². The van der Waals surface area contributed by atoms with E-state index in [0.717, 1.165) is 16.7 Å². The van der Waals surface area contributed by atoms with Crippen molar-refractivity contribution < 1.29 is 9.90 Å². The van der Waals surface area contributed by atoms with Crippen molar-refractivity contribution in [3.8, 4) is 16.9 Å². The van der Waals surface area contributed by atoms with E-state index in [1.807, 2.05) is 42.5 Å². The van der Waals surface area contributed by atoms with Gasteiger partial charge in [0, 0.05) is 17.1 Å². The monoisotopic (exact) mass is 337 g/mol. The minimum absolute atomic E-state index is 0.132. The maximum atomic E-state index is 12.2. The Hall–Kier alpha value is -2.78. The van der Waals surface area contributed by atoms with Crippen LogP contribution in [0.2, 0.25) is 5.02 Å². The van der Waals surface area contributed by atoms with Crippen molar-refractivity contribution in [2.45, 2.75) is 6.54 Å². The Labute approximate surface area is 145 Å². The number of phenolic OH excluding ortho intramolecular Hbond substituents is 1. The number of hydrogen-bond donors (Lipinski definition) is 2. The molecule has 120 valence electrons. The van der Waals surface area contributed by atoms with Crippen molar-refractivity contribution in [3.05, 3.63) is 88.9 Å². The molecule has 24 heavy (non-hydrogen) atoms. The first-order valence-electron chi connectivity index (χ1n) is 7.54. The Bertz CT molecular complexity index is 842. The normalized spacial score (nSPS) is 10.4. The average molecular weight is 338 g/mol. The number of halogens is 1.